The third-order valence-electron chi connectivity index (χ3n) is 2.79. The van der Waals surface area contributed by atoms with Gasteiger partial charge in [-0.2, -0.15) is 0 Å². The molecule has 0 aliphatic rings. The molecule has 0 bridgehead atoms. The van der Waals surface area contributed by atoms with Crippen molar-refractivity contribution in [1.29, 1.82) is 0 Å². The molecule has 0 saturated heterocycles. The second-order valence-electron chi connectivity index (χ2n) is 4.16. The number of aromatic hydroxyl groups is 1. The SMILES string of the molecule is CCCCc1ccc(O)cc1CCCC. The van der Waals surface area contributed by atoms with Gasteiger partial charge in [-0.25, -0.2) is 0 Å². The van der Waals surface area contributed by atoms with Crippen molar-refractivity contribution < 1.29 is 5.11 Å². The summed E-state index contributed by atoms with van der Waals surface area (Å²) in [4.78, 5) is 0. The number of hydrogen-bond donors (Lipinski definition) is 1. The largest absolute Gasteiger partial charge is 0.508 e. The quantitative estimate of drug-likeness (QED) is 0.743. The maximum Gasteiger partial charge on any atom is 0.115 e. The van der Waals surface area contributed by atoms with Crippen LogP contribution in [0.5, 0.6) is 5.75 Å². The summed E-state index contributed by atoms with van der Waals surface area (Å²) in [5.74, 6) is 0.404. The van der Waals surface area contributed by atoms with Gasteiger partial charge in [-0.3, -0.25) is 0 Å². The Morgan fingerprint density at radius 1 is 0.933 bits per heavy atom. The molecule has 0 spiro atoms. The molecule has 0 radical (unpaired) electrons. The lowest BCUT2D eigenvalue weighted by atomic mass is 9.98. The van der Waals surface area contributed by atoms with Crippen LogP contribution in [-0.2, 0) is 12.8 Å². The molecule has 1 N–H and O–H groups in total. The van der Waals surface area contributed by atoms with Crippen LogP contribution in [0.4, 0.5) is 0 Å². The lowest BCUT2D eigenvalue weighted by molar-refractivity contribution is 0.474. The molecule has 0 aliphatic carbocycles. The number of phenols is 1. The Balaban J connectivity index is 2.73. The normalized spacial score (nSPS) is 10.5. The van der Waals surface area contributed by atoms with Crippen molar-refractivity contribution in [2.45, 2.75) is 52.4 Å². The van der Waals surface area contributed by atoms with Gasteiger partial charge in [0.25, 0.3) is 0 Å². The summed E-state index contributed by atoms with van der Waals surface area (Å²) < 4.78 is 0. The highest BCUT2D eigenvalue weighted by Crippen LogP contribution is 2.20. The van der Waals surface area contributed by atoms with Gasteiger partial charge in [0.05, 0.1) is 0 Å². The molecular formula is C14H22O. The molecule has 1 aromatic rings. The number of benzene rings is 1. The Morgan fingerprint density at radius 3 is 2.13 bits per heavy atom. The van der Waals surface area contributed by atoms with Crippen LogP contribution in [-0.4, -0.2) is 5.11 Å². The second kappa shape index (κ2) is 6.49. The molecule has 0 amide bonds. The lowest BCUT2D eigenvalue weighted by Crippen LogP contribution is -1.94. The summed E-state index contributed by atoms with van der Waals surface area (Å²) in [6, 6.07) is 5.82. The van der Waals surface area contributed by atoms with Crippen molar-refractivity contribution in [2.75, 3.05) is 0 Å². The van der Waals surface area contributed by atoms with E-state index < -0.39 is 0 Å². The predicted molar refractivity (Wildman–Crippen MR) is 65.3 cm³/mol. The van der Waals surface area contributed by atoms with Gasteiger partial charge in [0.15, 0.2) is 0 Å². The summed E-state index contributed by atoms with van der Waals surface area (Å²) >= 11 is 0. The second-order valence-corrected chi connectivity index (χ2v) is 4.16. The van der Waals surface area contributed by atoms with Crippen LogP contribution < -0.4 is 0 Å². The van der Waals surface area contributed by atoms with Crippen LogP contribution >= 0.6 is 0 Å². The van der Waals surface area contributed by atoms with Crippen LogP contribution in [0.1, 0.15) is 50.7 Å². The van der Waals surface area contributed by atoms with Crippen molar-refractivity contribution in [2.24, 2.45) is 0 Å². The Hall–Kier alpha value is -0.980. The van der Waals surface area contributed by atoms with E-state index in [9.17, 15) is 5.11 Å². The van der Waals surface area contributed by atoms with Gasteiger partial charge in [-0.05, 0) is 48.9 Å². The highest BCUT2D eigenvalue weighted by molar-refractivity contribution is 5.35. The zero-order chi connectivity index (χ0) is 11.1. The number of phenolic OH excluding ortho intramolecular Hbond substituents is 1. The van der Waals surface area contributed by atoms with E-state index in [1.165, 1.54) is 36.8 Å². The molecule has 84 valence electrons. The van der Waals surface area contributed by atoms with Crippen LogP contribution in [0.3, 0.4) is 0 Å². The fraction of sp³-hybridized carbons (Fsp3) is 0.571. The zero-order valence-electron chi connectivity index (χ0n) is 9.92. The molecule has 0 aromatic heterocycles. The van der Waals surface area contributed by atoms with Gasteiger partial charge >= 0.3 is 0 Å². The van der Waals surface area contributed by atoms with E-state index >= 15 is 0 Å². The van der Waals surface area contributed by atoms with Crippen LogP contribution in [0.25, 0.3) is 0 Å². The minimum atomic E-state index is 0.404. The molecule has 1 aromatic carbocycles. The van der Waals surface area contributed by atoms with E-state index in [0.717, 1.165) is 12.8 Å². The molecule has 1 heteroatoms. The number of rotatable bonds is 6. The number of hydrogen-bond acceptors (Lipinski definition) is 1. The first-order chi connectivity index (χ1) is 7.27. The predicted octanol–water partition coefficient (Wildman–Crippen LogP) is 4.08. The number of aryl methyl sites for hydroxylation is 2. The first kappa shape index (κ1) is 12.1. The van der Waals surface area contributed by atoms with Crippen LogP contribution in [0.15, 0.2) is 18.2 Å². The van der Waals surface area contributed by atoms with Gasteiger partial charge in [-0.1, -0.05) is 32.8 Å². The first-order valence-electron chi connectivity index (χ1n) is 6.08. The fourth-order valence-corrected chi connectivity index (χ4v) is 1.82. The maximum absolute atomic E-state index is 9.46. The summed E-state index contributed by atoms with van der Waals surface area (Å²) in [5, 5.41) is 9.46. The summed E-state index contributed by atoms with van der Waals surface area (Å²) in [5.41, 5.74) is 2.76. The minimum Gasteiger partial charge on any atom is -0.508 e. The Bertz CT molecular complexity index is 291. The molecular weight excluding hydrogens is 184 g/mol. The third-order valence-corrected chi connectivity index (χ3v) is 2.79. The fourth-order valence-electron chi connectivity index (χ4n) is 1.82. The van der Waals surface area contributed by atoms with Gasteiger partial charge in [0.2, 0.25) is 0 Å². The van der Waals surface area contributed by atoms with E-state index in [4.69, 9.17) is 0 Å². The standard InChI is InChI=1S/C14H22O/c1-3-5-7-12-9-10-14(15)11-13(12)8-6-4-2/h9-11,15H,3-8H2,1-2H3. The minimum absolute atomic E-state index is 0.404. The Labute approximate surface area is 93.1 Å². The number of unbranched alkanes of at least 4 members (excludes halogenated alkanes) is 2. The van der Waals surface area contributed by atoms with E-state index in [1.807, 2.05) is 6.07 Å². The molecule has 1 nitrogen and oxygen atoms in total. The lowest BCUT2D eigenvalue weighted by Gasteiger charge is -2.09. The van der Waals surface area contributed by atoms with Crippen molar-refractivity contribution in [1.82, 2.24) is 0 Å². The first-order valence-corrected chi connectivity index (χ1v) is 6.08. The molecule has 15 heavy (non-hydrogen) atoms. The maximum atomic E-state index is 9.46. The van der Waals surface area contributed by atoms with Gasteiger partial charge in [0, 0.05) is 0 Å². The zero-order valence-corrected chi connectivity index (χ0v) is 9.92. The summed E-state index contributed by atoms with van der Waals surface area (Å²) in [6.07, 6.45) is 7.14. The molecule has 0 heterocycles. The van der Waals surface area contributed by atoms with Crippen LogP contribution in [0.2, 0.25) is 0 Å². The average Bonchev–Trinajstić information content (AvgIpc) is 2.25. The Morgan fingerprint density at radius 2 is 1.53 bits per heavy atom. The molecule has 0 saturated carbocycles. The highest BCUT2D eigenvalue weighted by Gasteiger charge is 2.03. The van der Waals surface area contributed by atoms with Crippen LogP contribution in [0, 0.1) is 0 Å². The molecule has 0 atom stereocenters. The molecule has 0 unspecified atom stereocenters. The van der Waals surface area contributed by atoms with Crippen molar-refractivity contribution >= 4 is 0 Å². The molecule has 0 fully saturated rings. The average molecular weight is 206 g/mol. The third kappa shape index (κ3) is 3.94. The van der Waals surface area contributed by atoms with Gasteiger partial charge in [0.1, 0.15) is 5.75 Å². The molecule has 1 rings (SSSR count). The van der Waals surface area contributed by atoms with Crippen molar-refractivity contribution in [3.05, 3.63) is 29.3 Å². The van der Waals surface area contributed by atoms with E-state index in [1.54, 1.807) is 6.07 Å². The van der Waals surface area contributed by atoms with E-state index in [2.05, 4.69) is 19.9 Å². The van der Waals surface area contributed by atoms with Crippen molar-refractivity contribution in [3.63, 3.8) is 0 Å². The van der Waals surface area contributed by atoms with Gasteiger partial charge in [-0.15, -0.1) is 0 Å². The summed E-state index contributed by atoms with van der Waals surface area (Å²) in [7, 11) is 0. The van der Waals surface area contributed by atoms with E-state index in [0.29, 0.717) is 5.75 Å². The highest BCUT2D eigenvalue weighted by atomic mass is 16.3. The summed E-state index contributed by atoms with van der Waals surface area (Å²) in [6.45, 7) is 4.42. The topological polar surface area (TPSA) is 20.2 Å². The Kier molecular flexibility index (Phi) is 5.23. The smallest absolute Gasteiger partial charge is 0.115 e. The van der Waals surface area contributed by atoms with Crippen molar-refractivity contribution in [3.8, 4) is 5.75 Å². The van der Waals surface area contributed by atoms with Gasteiger partial charge < -0.3 is 5.11 Å². The molecule has 0 aliphatic heterocycles. The van der Waals surface area contributed by atoms with E-state index in [-0.39, 0.29) is 0 Å². The monoisotopic (exact) mass is 206 g/mol.